The molecule has 0 heterocycles. The van der Waals surface area contributed by atoms with E-state index in [2.05, 4.69) is 20.1 Å². The number of methoxy groups -OCH3 is 1. The van der Waals surface area contributed by atoms with Gasteiger partial charge in [0.2, 0.25) is 0 Å². The van der Waals surface area contributed by atoms with Crippen LogP contribution in [0.2, 0.25) is 0 Å². The molecule has 18 nitrogen and oxygen atoms in total. The maximum Gasteiger partial charge on any atom is 0.343 e. The topological polar surface area (TPSA) is 229 Å². The molecule has 0 spiro atoms. The molecule has 0 N–H and O–H groups in total. The summed E-state index contributed by atoms with van der Waals surface area (Å²) in [5, 5.41) is 0. The predicted octanol–water partition coefficient (Wildman–Crippen LogP) is 10.0. The molecular weight excluding hydrogens is 985 g/mol. The Kier molecular flexibility index (Phi) is 26.8. The predicted molar refractivity (Wildman–Crippen MR) is 277 cm³/mol. The molecule has 1 aliphatic rings. The minimum Gasteiger partial charge on any atom is -0.494 e. The first kappa shape index (κ1) is 60.4. The molecule has 5 rings (SSSR count). The number of aldehydes is 1. The number of hydrogen-bond donors (Lipinski definition) is 0. The first-order valence-corrected chi connectivity index (χ1v) is 25.1. The van der Waals surface area contributed by atoms with Gasteiger partial charge in [0.25, 0.3) is 0 Å². The Labute approximate surface area is 442 Å². The summed E-state index contributed by atoms with van der Waals surface area (Å²) >= 11 is 0. The average Bonchev–Trinajstić information content (AvgIpc) is 3.44. The first-order chi connectivity index (χ1) is 36.8. The Morgan fingerprint density at radius 1 is 0.487 bits per heavy atom. The third kappa shape index (κ3) is 21.0. The van der Waals surface area contributed by atoms with Crippen molar-refractivity contribution in [3.05, 3.63) is 132 Å². The van der Waals surface area contributed by atoms with Crippen LogP contribution in [-0.4, -0.2) is 94.8 Å². The molecule has 1 fully saturated rings. The molecule has 4 aromatic rings. The van der Waals surface area contributed by atoms with Gasteiger partial charge in [0.05, 0.1) is 61.6 Å². The number of unbranched alkanes of at least 4 members (excludes halogenated alkanes) is 3. The number of benzene rings is 4. The largest absolute Gasteiger partial charge is 0.494 e. The molecule has 0 amide bonds. The van der Waals surface area contributed by atoms with E-state index in [4.69, 9.17) is 47.4 Å². The lowest BCUT2D eigenvalue weighted by molar-refractivity contribution is -0.145. The maximum atomic E-state index is 13.4. The van der Waals surface area contributed by atoms with Crippen molar-refractivity contribution in [2.75, 3.05) is 46.8 Å². The van der Waals surface area contributed by atoms with Crippen LogP contribution in [0.5, 0.6) is 34.5 Å². The molecule has 0 saturated heterocycles. The van der Waals surface area contributed by atoms with Gasteiger partial charge in [-0.2, -0.15) is 0 Å². The van der Waals surface area contributed by atoms with Crippen LogP contribution in [0.3, 0.4) is 0 Å². The Hall–Kier alpha value is -8.12. The minimum absolute atomic E-state index is 0.0232. The molecule has 4 aromatic carbocycles. The molecule has 1 aliphatic carbocycles. The van der Waals surface area contributed by atoms with Crippen molar-refractivity contribution in [1.29, 1.82) is 0 Å². The Morgan fingerprint density at radius 2 is 0.921 bits per heavy atom. The van der Waals surface area contributed by atoms with Gasteiger partial charge < -0.3 is 47.4 Å². The molecule has 0 atom stereocenters. The summed E-state index contributed by atoms with van der Waals surface area (Å²) in [5.74, 6) is -4.53. The highest BCUT2D eigenvalue weighted by Gasteiger charge is 2.33. The first-order valence-electron chi connectivity index (χ1n) is 25.1. The van der Waals surface area contributed by atoms with Gasteiger partial charge in [0.15, 0.2) is 6.29 Å². The number of rotatable bonds is 29. The summed E-state index contributed by atoms with van der Waals surface area (Å²) in [7, 11) is 1.71. The van der Waals surface area contributed by atoms with E-state index in [1.54, 1.807) is 31.4 Å². The van der Waals surface area contributed by atoms with Crippen LogP contribution in [0.15, 0.2) is 110 Å². The Balaban J connectivity index is 0.00000238. The fourth-order valence-electron chi connectivity index (χ4n) is 7.09. The maximum absolute atomic E-state index is 13.4. The summed E-state index contributed by atoms with van der Waals surface area (Å²) in [6, 6.07) is 20.5. The minimum atomic E-state index is -0.776. The highest BCUT2D eigenvalue weighted by atomic mass is 16.6. The van der Waals surface area contributed by atoms with E-state index in [0.29, 0.717) is 88.8 Å². The second kappa shape index (κ2) is 33.6. The van der Waals surface area contributed by atoms with Gasteiger partial charge in [-0.25, -0.2) is 24.0 Å². The van der Waals surface area contributed by atoms with Gasteiger partial charge in [0.1, 0.15) is 40.1 Å². The van der Waals surface area contributed by atoms with Crippen LogP contribution in [-0.2, 0) is 38.1 Å². The van der Waals surface area contributed by atoms with Gasteiger partial charge in [0, 0.05) is 25.9 Å². The van der Waals surface area contributed by atoms with Crippen LogP contribution in [0.25, 0.3) is 0 Å². The van der Waals surface area contributed by atoms with Crippen LogP contribution in [0, 0.1) is 11.8 Å². The van der Waals surface area contributed by atoms with E-state index < -0.39 is 53.6 Å². The second-order valence-electron chi connectivity index (χ2n) is 17.0. The number of ether oxygens (including phenoxy) is 10. The number of esters is 7. The number of hydrogen-bond acceptors (Lipinski definition) is 18. The van der Waals surface area contributed by atoms with Crippen molar-refractivity contribution in [2.45, 2.75) is 84.5 Å². The molecule has 406 valence electrons. The third-order valence-corrected chi connectivity index (χ3v) is 11.3. The quantitative estimate of drug-likeness (QED) is 0.0123. The van der Waals surface area contributed by atoms with Crippen LogP contribution in [0.4, 0.5) is 0 Å². The summed E-state index contributed by atoms with van der Waals surface area (Å²) < 4.78 is 53.7. The van der Waals surface area contributed by atoms with Crippen molar-refractivity contribution in [3.63, 3.8) is 0 Å². The smallest absolute Gasteiger partial charge is 0.343 e. The van der Waals surface area contributed by atoms with Crippen LogP contribution in [0.1, 0.15) is 126 Å². The van der Waals surface area contributed by atoms with Crippen molar-refractivity contribution >= 4 is 48.1 Å². The van der Waals surface area contributed by atoms with Gasteiger partial charge >= 0.3 is 41.8 Å². The SMILES string of the molecule is C=CC(=O)OCCCCOc1ccc(C(=O)Oc2ccc(OC(=O)C3CCC(C(=O)Oc4ccc(OC(=O)c5ccc(OCCCCOC(=O)C=C)cc5)c(C(=O)OCCCC)c4)CC3)cc2C=O)cc1.CCCOC. The molecule has 0 unspecified atom stereocenters. The fourth-order valence-corrected chi connectivity index (χ4v) is 7.09. The molecule has 1 saturated carbocycles. The molecule has 0 aromatic heterocycles. The highest BCUT2D eigenvalue weighted by molar-refractivity contribution is 5.97. The van der Waals surface area contributed by atoms with E-state index >= 15 is 0 Å². The van der Waals surface area contributed by atoms with Gasteiger partial charge in [-0.05, 0) is 149 Å². The van der Waals surface area contributed by atoms with Crippen molar-refractivity contribution in [2.24, 2.45) is 11.8 Å². The van der Waals surface area contributed by atoms with Crippen molar-refractivity contribution in [3.8, 4) is 34.5 Å². The summed E-state index contributed by atoms with van der Waals surface area (Å²) in [6.07, 6.45) is 8.83. The summed E-state index contributed by atoms with van der Waals surface area (Å²) in [5.41, 5.74) is 0.234. The molecule has 0 aliphatic heterocycles. The van der Waals surface area contributed by atoms with E-state index in [-0.39, 0.29) is 65.1 Å². The summed E-state index contributed by atoms with van der Waals surface area (Å²) in [4.78, 5) is 100. The Morgan fingerprint density at radius 3 is 1.36 bits per heavy atom. The van der Waals surface area contributed by atoms with Gasteiger partial charge in [-0.15, -0.1) is 0 Å². The van der Waals surface area contributed by atoms with Crippen LogP contribution >= 0.6 is 0 Å². The zero-order valence-corrected chi connectivity index (χ0v) is 43.3. The molecule has 18 heteroatoms. The van der Waals surface area contributed by atoms with Gasteiger partial charge in [-0.1, -0.05) is 33.4 Å². The normalized spacial score (nSPS) is 13.5. The monoisotopic (exact) mass is 1050 g/mol. The lowest BCUT2D eigenvalue weighted by Crippen LogP contribution is -2.30. The highest BCUT2D eigenvalue weighted by Crippen LogP contribution is 2.34. The standard InChI is InChI=1S/C54H56O17.C4H10O/c1-4-7-28-67-54(62)45-34-44(25-27-47(45)71-53(61)39-18-22-42(23-19-39)64-30-9-11-32-66-49(57)6-3)69-51(59)37-14-12-36(13-15-37)50(58)68-43-24-26-46(40(33-43)35-55)70-52(60)38-16-20-41(21-17-38)63-29-8-10-31-65-48(56)5-2;1-3-4-5-2/h5-6,16-27,33-37H,2-4,7-15,28-32H2,1H3;3-4H2,1-2H3. The van der Waals surface area contributed by atoms with Crippen molar-refractivity contribution < 1.29 is 85.7 Å². The van der Waals surface area contributed by atoms with E-state index in [9.17, 15) is 38.4 Å². The van der Waals surface area contributed by atoms with E-state index in [1.807, 2.05) is 6.92 Å². The lowest BCUT2D eigenvalue weighted by atomic mass is 9.82. The molecule has 0 bridgehead atoms. The van der Waals surface area contributed by atoms with Gasteiger partial charge in [-0.3, -0.25) is 14.4 Å². The second-order valence-corrected chi connectivity index (χ2v) is 17.0. The van der Waals surface area contributed by atoms with Crippen molar-refractivity contribution in [1.82, 2.24) is 0 Å². The zero-order chi connectivity index (χ0) is 55.1. The molecule has 76 heavy (non-hydrogen) atoms. The fraction of sp³-hybridized carbons (Fsp3) is 0.379. The number of carbonyl (C=O) groups excluding carboxylic acids is 8. The third-order valence-electron chi connectivity index (χ3n) is 11.3. The number of carbonyl (C=O) groups is 8. The summed E-state index contributed by atoms with van der Waals surface area (Å²) in [6.45, 7) is 12.9. The van der Waals surface area contributed by atoms with Crippen LogP contribution < -0.4 is 28.4 Å². The average molecular weight is 1050 g/mol. The lowest BCUT2D eigenvalue weighted by Gasteiger charge is -2.26. The zero-order valence-electron chi connectivity index (χ0n) is 43.3. The Bertz CT molecular complexity index is 2560. The molecular formula is C58H66O18. The van der Waals surface area contributed by atoms with E-state index in [1.165, 1.54) is 60.7 Å². The van der Waals surface area contributed by atoms with E-state index in [0.717, 1.165) is 31.6 Å². The molecule has 0 radical (unpaired) electrons.